The molecule has 0 aliphatic heterocycles. The predicted octanol–water partition coefficient (Wildman–Crippen LogP) is 7.69. The van der Waals surface area contributed by atoms with Gasteiger partial charge in [-0.15, -0.1) is 0 Å². The second-order valence-electron chi connectivity index (χ2n) is 11.0. The highest BCUT2D eigenvalue weighted by atomic mass is 16.5. The second kappa shape index (κ2) is 13.5. The van der Waals surface area contributed by atoms with Crippen LogP contribution in [0.2, 0.25) is 0 Å². The van der Waals surface area contributed by atoms with E-state index in [1.165, 1.54) is 22.3 Å². The van der Waals surface area contributed by atoms with Gasteiger partial charge in [0.25, 0.3) is 0 Å². The molecule has 5 nitrogen and oxygen atoms in total. The summed E-state index contributed by atoms with van der Waals surface area (Å²) in [4.78, 5) is 10.8. The Bertz CT molecular complexity index is 1290. The van der Waals surface area contributed by atoms with Gasteiger partial charge in [-0.25, -0.2) is 0 Å². The number of ether oxygens (including phenoxy) is 1. The molecule has 5 heteroatoms. The van der Waals surface area contributed by atoms with E-state index in [1.807, 2.05) is 39.0 Å². The third kappa shape index (κ3) is 6.76. The fraction of sp³-hybridized carbons (Fsp3) is 0.457. The van der Waals surface area contributed by atoms with Crippen molar-refractivity contribution in [3.8, 4) is 16.9 Å². The van der Waals surface area contributed by atoms with Gasteiger partial charge in [-0.1, -0.05) is 76.2 Å². The molecule has 0 unspecified atom stereocenters. The van der Waals surface area contributed by atoms with E-state index in [-0.39, 0.29) is 24.9 Å². The summed E-state index contributed by atoms with van der Waals surface area (Å²) in [7, 11) is 0. The van der Waals surface area contributed by atoms with E-state index in [4.69, 9.17) is 9.84 Å². The van der Waals surface area contributed by atoms with Gasteiger partial charge in [0.15, 0.2) is 0 Å². The molecule has 0 radical (unpaired) electrons. The number of carboxylic acids is 1. The van der Waals surface area contributed by atoms with Crippen LogP contribution >= 0.6 is 0 Å². The van der Waals surface area contributed by atoms with Crippen molar-refractivity contribution in [3.63, 3.8) is 0 Å². The highest BCUT2D eigenvalue weighted by Crippen LogP contribution is 2.42. The number of rotatable bonds is 14. The smallest absolute Gasteiger partial charge is 0.303 e. The molecule has 0 saturated heterocycles. The molecule has 3 N–H and O–H groups in total. The molecule has 0 aliphatic rings. The Morgan fingerprint density at radius 3 is 2.00 bits per heavy atom. The maximum Gasteiger partial charge on any atom is 0.303 e. The molecule has 0 spiro atoms. The number of hydrogen-bond donors (Lipinski definition) is 3. The van der Waals surface area contributed by atoms with Crippen LogP contribution in [0.3, 0.4) is 0 Å². The average molecular weight is 547 g/mol. The SMILES string of the molecule is CCC(O)(CC)c1cccc(-c2ccc(C(CC)(CC)c3ccc(OC[C@H](O)CCC(=O)O)c(C)c3)cc2C)c1. The first-order valence-corrected chi connectivity index (χ1v) is 14.6. The van der Waals surface area contributed by atoms with E-state index < -0.39 is 17.7 Å². The number of aliphatic carboxylic acids is 1. The number of benzene rings is 3. The molecule has 0 amide bonds. The first-order valence-electron chi connectivity index (χ1n) is 14.6. The maximum atomic E-state index is 11.1. The Morgan fingerprint density at radius 2 is 1.45 bits per heavy atom. The summed E-state index contributed by atoms with van der Waals surface area (Å²) in [5.74, 6) is -0.225. The van der Waals surface area contributed by atoms with Crippen LogP contribution < -0.4 is 4.74 Å². The summed E-state index contributed by atoms with van der Waals surface area (Å²) in [6.07, 6.45) is 2.49. The number of carboxylic acid groups (broad SMARTS) is 1. The molecule has 0 aromatic heterocycles. The summed E-state index contributed by atoms with van der Waals surface area (Å²) in [6, 6.07) is 21.3. The molecule has 0 fully saturated rings. The minimum Gasteiger partial charge on any atom is -0.491 e. The van der Waals surface area contributed by atoms with Crippen LogP contribution in [0.5, 0.6) is 5.75 Å². The third-order valence-electron chi connectivity index (χ3n) is 8.72. The number of aliphatic hydroxyl groups excluding tert-OH is 1. The highest BCUT2D eigenvalue weighted by Gasteiger charge is 2.32. The van der Waals surface area contributed by atoms with Crippen molar-refractivity contribution in [2.45, 2.75) is 97.2 Å². The van der Waals surface area contributed by atoms with Crippen LogP contribution in [0.1, 0.15) is 94.0 Å². The normalized spacial score (nSPS) is 12.8. The number of carbonyl (C=O) groups is 1. The fourth-order valence-electron chi connectivity index (χ4n) is 5.82. The minimum atomic E-state index is -0.924. The fourth-order valence-corrected chi connectivity index (χ4v) is 5.82. The summed E-state index contributed by atoms with van der Waals surface area (Å²) < 4.78 is 5.84. The molecular formula is C35H46O5. The topological polar surface area (TPSA) is 87.0 Å². The lowest BCUT2D eigenvalue weighted by Crippen LogP contribution is -2.26. The first kappa shape index (κ1) is 31.4. The van der Waals surface area contributed by atoms with Crippen molar-refractivity contribution in [1.29, 1.82) is 0 Å². The van der Waals surface area contributed by atoms with Gasteiger partial charge in [0, 0.05) is 11.8 Å². The van der Waals surface area contributed by atoms with Gasteiger partial charge in [-0.05, 0) is 97.0 Å². The van der Waals surface area contributed by atoms with Gasteiger partial charge in [-0.2, -0.15) is 0 Å². The minimum absolute atomic E-state index is 0.0654. The lowest BCUT2D eigenvalue weighted by atomic mass is 9.69. The Balaban J connectivity index is 1.91. The maximum absolute atomic E-state index is 11.1. The van der Waals surface area contributed by atoms with Crippen molar-refractivity contribution in [3.05, 3.63) is 88.5 Å². The molecule has 0 bridgehead atoms. The molecule has 3 aromatic rings. The average Bonchev–Trinajstić information content (AvgIpc) is 2.96. The molecule has 0 aliphatic carbocycles. The molecule has 3 rings (SSSR count). The van der Waals surface area contributed by atoms with E-state index in [9.17, 15) is 15.0 Å². The van der Waals surface area contributed by atoms with Crippen molar-refractivity contribution in [2.24, 2.45) is 0 Å². The van der Waals surface area contributed by atoms with Crippen LogP contribution in [-0.4, -0.2) is 34.0 Å². The molecule has 3 aromatic carbocycles. The zero-order valence-corrected chi connectivity index (χ0v) is 25.0. The van der Waals surface area contributed by atoms with Crippen LogP contribution in [0.4, 0.5) is 0 Å². The van der Waals surface area contributed by atoms with Crippen LogP contribution in [0, 0.1) is 13.8 Å². The Hall–Kier alpha value is -3.15. The Labute approximate surface area is 239 Å². The quantitative estimate of drug-likeness (QED) is 0.193. The van der Waals surface area contributed by atoms with E-state index >= 15 is 0 Å². The molecule has 1 atom stereocenters. The summed E-state index contributed by atoms with van der Waals surface area (Å²) in [5, 5.41) is 30.0. The Kier molecular flexibility index (Phi) is 10.6. The van der Waals surface area contributed by atoms with E-state index in [1.54, 1.807) is 0 Å². The molecular weight excluding hydrogens is 500 g/mol. The molecule has 216 valence electrons. The third-order valence-corrected chi connectivity index (χ3v) is 8.72. The number of aliphatic hydroxyl groups is 2. The summed E-state index contributed by atoms with van der Waals surface area (Å²) >= 11 is 0. The molecule has 0 heterocycles. The van der Waals surface area contributed by atoms with Gasteiger partial charge < -0.3 is 20.1 Å². The monoisotopic (exact) mass is 546 g/mol. The van der Waals surface area contributed by atoms with Crippen molar-refractivity contribution >= 4 is 5.97 Å². The predicted molar refractivity (Wildman–Crippen MR) is 162 cm³/mol. The van der Waals surface area contributed by atoms with Crippen LogP contribution in [0.15, 0.2) is 60.7 Å². The van der Waals surface area contributed by atoms with Crippen LogP contribution in [0.25, 0.3) is 11.1 Å². The Morgan fingerprint density at radius 1 is 0.825 bits per heavy atom. The van der Waals surface area contributed by atoms with E-state index in [2.05, 4.69) is 63.2 Å². The van der Waals surface area contributed by atoms with E-state index in [0.29, 0.717) is 18.6 Å². The van der Waals surface area contributed by atoms with Gasteiger partial charge in [0.2, 0.25) is 0 Å². The second-order valence-corrected chi connectivity index (χ2v) is 11.0. The van der Waals surface area contributed by atoms with Crippen molar-refractivity contribution in [1.82, 2.24) is 0 Å². The lowest BCUT2D eigenvalue weighted by molar-refractivity contribution is -0.137. The number of hydrogen-bond acceptors (Lipinski definition) is 4. The van der Waals surface area contributed by atoms with Crippen molar-refractivity contribution in [2.75, 3.05) is 6.61 Å². The molecule has 0 saturated carbocycles. The van der Waals surface area contributed by atoms with Crippen molar-refractivity contribution < 1.29 is 24.9 Å². The first-order chi connectivity index (χ1) is 19.0. The highest BCUT2D eigenvalue weighted by molar-refractivity contribution is 5.69. The zero-order chi connectivity index (χ0) is 29.5. The molecule has 40 heavy (non-hydrogen) atoms. The van der Waals surface area contributed by atoms with Crippen LogP contribution in [-0.2, 0) is 15.8 Å². The summed E-state index contributed by atoms with van der Waals surface area (Å²) in [5.41, 5.74) is 6.94. The van der Waals surface area contributed by atoms with E-state index in [0.717, 1.165) is 29.5 Å². The van der Waals surface area contributed by atoms with Gasteiger partial charge >= 0.3 is 5.97 Å². The van der Waals surface area contributed by atoms with Gasteiger partial charge in [-0.3, -0.25) is 4.79 Å². The number of aryl methyl sites for hydroxylation is 2. The van der Waals surface area contributed by atoms with Gasteiger partial charge in [0.05, 0.1) is 11.7 Å². The summed E-state index contributed by atoms with van der Waals surface area (Å²) in [6.45, 7) is 12.7. The standard InChI is InChI=1S/C35H46O5/c1-7-34(8-2,28-15-18-32(25(6)21-28)40-23-30(36)16-19-33(37)38)27-14-17-31(24(5)20-27)26-12-11-13-29(22-26)35(39,9-3)10-4/h11-15,17-18,20-22,30,36,39H,7-10,16,19,23H2,1-6H3,(H,37,38)/t30-/m1/s1. The zero-order valence-electron chi connectivity index (χ0n) is 25.0. The van der Waals surface area contributed by atoms with Gasteiger partial charge in [0.1, 0.15) is 12.4 Å². The largest absolute Gasteiger partial charge is 0.491 e. The lowest BCUT2D eigenvalue weighted by Gasteiger charge is -2.34.